The fourth-order valence-electron chi connectivity index (χ4n) is 3.28. The minimum absolute atomic E-state index is 0.0258. The molecule has 0 unspecified atom stereocenters. The minimum Gasteiger partial charge on any atom is -0.481 e. The summed E-state index contributed by atoms with van der Waals surface area (Å²) in [6, 6.07) is 5.99. The number of ether oxygens (including phenoxy) is 3. The SMILES string of the molecule is Cc1ccc(O[C@H](C)C(=O)N2CCC3(CC2)OCCO3)c(C)c1. The van der Waals surface area contributed by atoms with E-state index in [0.29, 0.717) is 26.3 Å². The monoisotopic (exact) mass is 319 g/mol. The minimum atomic E-state index is -0.490. The molecule has 0 bridgehead atoms. The highest BCUT2D eigenvalue weighted by Crippen LogP contribution is 2.31. The molecule has 2 fully saturated rings. The highest BCUT2D eigenvalue weighted by molar-refractivity contribution is 5.81. The Kier molecular flexibility index (Phi) is 4.60. The molecule has 1 spiro atoms. The number of carbonyl (C=O) groups is 1. The van der Waals surface area contributed by atoms with E-state index in [9.17, 15) is 4.79 Å². The van der Waals surface area contributed by atoms with Crippen LogP contribution >= 0.6 is 0 Å². The number of rotatable bonds is 3. The molecular formula is C18H25NO4. The van der Waals surface area contributed by atoms with Gasteiger partial charge in [0.1, 0.15) is 5.75 Å². The molecule has 2 aliphatic rings. The van der Waals surface area contributed by atoms with Crippen molar-refractivity contribution in [3.63, 3.8) is 0 Å². The lowest BCUT2D eigenvalue weighted by Gasteiger charge is -2.38. The summed E-state index contributed by atoms with van der Waals surface area (Å²) in [4.78, 5) is 14.5. The van der Waals surface area contributed by atoms with Gasteiger partial charge in [-0.25, -0.2) is 0 Å². The van der Waals surface area contributed by atoms with Gasteiger partial charge >= 0.3 is 0 Å². The van der Waals surface area contributed by atoms with Crippen LogP contribution in [0.1, 0.15) is 30.9 Å². The number of piperidine rings is 1. The number of amides is 1. The molecule has 5 heteroatoms. The van der Waals surface area contributed by atoms with Crippen molar-refractivity contribution in [1.29, 1.82) is 0 Å². The molecule has 2 saturated heterocycles. The Labute approximate surface area is 137 Å². The van der Waals surface area contributed by atoms with E-state index in [0.717, 1.165) is 24.2 Å². The molecule has 0 radical (unpaired) electrons. The van der Waals surface area contributed by atoms with Crippen LogP contribution in [0.25, 0.3) is 0 Å². The Bertz CT molecular complexity index is 570. The number of nitrogens with zero attached hydrogens (tertiary/aromatic N) is 1. The number of carbonyl (C=O) groups excluding carboxylic acids is 1. The average Bonchev–Trinajstić information content (AvgIpc) is 2.98. The number of hydrogen-bond acceptors (Lipinski definition) is 4. The van der Waals surface area contributed by atoms with Gasteiger partial charge in [0, 0.05) is 25.9 Å². The standard InChI is InChI=1S/C18H25NO4/c1-13-4-5-16(14(2)12-13)23-15(3)17(20)19-8-6-18(7-9-19)21-10-11-22-18/h4-5,12,15H,6-11H2,1-3H3/t15-/m1/s1. The first kappa shape index (κ1) is 16.3. The third kappa shape index (κ3) is 3.51. The summed E-state index contributed by atoms with van der Waals surface area (Å²) in [5.74, 6) is 0.347. The van der Waals surface area contributed by atoms with Crippen LogP contribution < -0.4 is 4.74 Å². The Balaban J connectivity index is 1.57. The molecule has 2 aliphatic heterocycles. The third-order valence-corrected chi connectivity index (χ3v) is 4.63. The van der Waals surface area contributed by atoms with Gasteiger partial charge in [0.15, 0.2) is 11.9 Å². The molecule has 2 heterocycles. The lowest BCUT2D eigenvalue weighted by Crippen LogP contribution is -2.50. The molecular weight excluding hydrogens is 294 g/mol. The molecule has 1 aromatic rings. The first-order chi connectivity index (χ1) is 11.0. The molecule has 1 aromatic carbocycles. The van der Waals surface area contributed by atoms with Crippen molar-refractivity contribution < 1.29 is 19.0 Å². The van der Waals surface area contributed by atoms with E-state index in [1.165, 1.54) is 5.56 Å². The van der Waals surface area contributed by atoms with Gasteiger partial charge < -0.3 is 19.1 Å². The third-order valence-electron chi connectivity index (χ3n) is 4.63. The number of likely N-dealkylation sites (tertiary alicyclic amines) is 1. The van der Waals surface area contributed by atoms with E-state index in [4.69, 9.17) is 14.2 Å². The van der Waals surface area contributed by atoms with Gasteiger partial charge in [-0.3, -0.25) is 4.79 Å². The van der Waals surface area contributed by atoms with E-state index in [1.54, 1.807) is 0 Å². The van der Waals surface area contributed by atoms with Gasteiger partial charge in [-0.2, -0.15) is 0 Å². The predicted molar refractivity (Wildman–Crippen MR) is 86.5 cm³/mol. The second kappa shape index (κ2) is 6.49. The van der Waals surface area contributed by atoms with Crippen LogP contribution in [0.15, 0.2) is 18.2 Å². The molecule has 1 atom stereocenters. The Morgan fingerprint density at radius 3 is 2.48 bits per heavy atom. The molecule has 126 valence electrons. The molecule has 5 nitrogen and oxygen atoms in total. The molecule has 3 rings (SSSR count). The maximum Gasteiger partial charge on any atom is 0.263 e. The fourth-order valence-corrected chi connectivity index (χ4v) is 3.28. The Morgan fingerprint density at radius 2 is 1.87 bits per heavy atom. The van der Waals surface area contributed by atoms with E-state index >= 15 is 0 Å². The van der Waals surface area contributed by atoms with Gasteiger partial charge in [0.2, 0.25) is 0 Å². The summed E-state index contributed by atoms with van der Waals surface area (Å²) in [5.41, 5.74) is 2.24. The number of aryl methyl sites for hydroxylation is 2. The van der Waals surface area contributed by atoms with E-state index < -0.39 is 11.9 Å². The fraction of sp³-hybridized carbons (Fsp3) is 0.611. The van der Waals surface area contributed by atoms with Crippen LogP contribution in [0.3, 0.4) is 0 Å². The zero-order valence-electron chi connectivity index (χ0n) is 14.1. The Hall–Kier alpha value is -1.59. The van der Waals surface area contributed by atoms with Crippen molar-refractivity contribution in [2.24, 2.45) is 0 Å². The lowest BCUT2D eigenvalue weighted by molar-refractivity contribution is -0.188. The summed E-state index contributed by atoms with van der Waals surface area (Å²) >= 11 is 0. The van der Waals surface area contributed by atoms with Gasteiger partial charge in [-0.15, -0.1) is 0 Å². The van der Waals surface area contributed by atoms with Gasteiger partial charge in [-0.05, 0) is 32.4 Å². The first-order valence-electron chi connectivity index (χ1n) is 8.30. The maximum atomic E-state index is 12.6. The van der Waals surface area contributed by atoms with Crippen molar-refractivity contribution >= 4 is 5.91 Å². The zero-order chi connectivity index (χ0) is 16.4. The predicted octanol–water partition coefficient (Wildman–Crippen LogP) is 2.44. The lowest BCUT2D eigenvalue weighted by atomic mass is 10.0. The molecule has 0 saturated carbocycles. The number of hydrogen-bond donors (Lipinski definition) is 0. The average molecular weight is 319 g/mol. The van der Waals surface area contributed by atoms with E-state index in [-0.39, 0.29) is 5.91 Å². The largest absolute Gasteiger partial charge is 0.481 e. The highest BCUT2D eigenvalue weighted by atomic mass is 16.7. The molecule has 1 amide bonds. The summed E-state index contributed by atoms with van der Waals surface area (Å²) in [5, 5.41) is 0. The first-order valence-corrected chi connectivity index (χ1v) is 8.30. The van der Waals surface area contributed by atoms with E-state index in [1.807, 2.05) is 37.8 Å². The van der Waals surface area contributed by atoms with Crippen molar-refractivity contribution in [2.45, 2.75) is 45.5 Å². The molecule has 0 aromatic heterocycles. The van der Waals surface area contributed by atoms with Crippen molar-refractivity contribution in [3.05, 3.63) is 29.3 Å². The second-order valence-electron chi connectivity index (χ2n) is 6.46. The van der Waals surface area contributed by atoms with Gasteiger partial charge in [0.05, 0.1) is 13.2 Å². The van der Waals surface area contributed by atoms with Crippen molar-refractivity contribution in [1.82, 2.24) is 4.90 Å². The van der Waals surface area contributed by atoms with Crippen LogP contribution in [0.5, 0.6) is 5.75 Å². The van der Waals surface area contributed by atoms with Crippen LogP contribution in [0.4, 0.5) is 0 Å². The quantitative estimate of drug-likeness (QED) is 0.858. The normalized spacial score (nSPS) is 21.4. The molecule has 0 N–H and O–H groups in total. The summed E-state index contributed by atoms with van der Waals surface area (Å²) < 4.78 is 17.3. The van der Waals surface area contributed by atoms with Crippen LogP contribution in [0, 0.1) is 13.8 Å². The Morgan fingerprint density at radius 1 is 1.22 bits per heavy atom. The zero-order valence-corrected chi connectivity index (χ0v) is 14.1. The van der Waals surface area contributed by atoms with Crippen molar-refractivity contribution in [3.8, 4) is 5.75 Å². The van der Waals surface area contributed by atoms with E-state index in [2.05, 4.69) is 6.07 Å². The second-order valence-corrected chi connectivity index (χ2v) is 6.46. The van der Waals surface area contributed by atoms with Gasteiger partial charge in [0.25, 0.3) is 5.91 Å². The summed E-state index contributed by atoms with van der Waals surface area (Å²) in [6.45, 7) is 8.47. The maximum absolute atomic E-state index is 12.6. The van der Waals surface area contributed by atoms with Crippen LogP contribution in [0.2, 0.25) is 0 Å². The smallest absolute Gasteiger partial charge is 0.263 e. The molecule has 0 aliphatic carbocycles. The summed E-state index contributed by atoms with van der Waals surface area (Å²) in [7, 11) is 0. The topological polar surface area (TPSA) is 48.0 Å². The van der Waals surface area contributed by atoms with Crippen molar-refractivity contribution in [2.75, 3.05) is 26.3 Å². The van der Waals surface area contributed by atoms with Gasteiger partial charge in [-0.1, -0.05) is 17.7 Å². The summed E-state index contributed by atoms with van der Waals surface area (Å²) in [6.07, 6.45) is 0.972. The number of benzene rings is 1. The molecule has 23 heavy (non-hydrogen) atoms. The van der Waals surface area contributed by atoms with Crippen LogP contribution in [-0.2, 0) is 14.3 Å². The van der Waals surface area contributed by atoms with Crippen LogP contribution in [-0.4, -0.2) is 49.0 Å². The highest BCUT2D eigenvalue weighted by Gasteiger charge is 2.41.